The normalized spacial score (nSPS) is 12.5. The van der Waals surface area contributed by atoms with Gasteiger partial charge in [-0.25, -0.2) is 0 Å². The van der Waals surface area contributed by atoms with E-state index in [0.29, 0.717) is 36.4 Å². The van der Waals surface area contributed by atoms with Gasteiger partial charge in [0.05, 0.1) is 12.3 Å². The van der Waals surface area contributed by atoms with Gasteiger partial charge in [0.1, 0.15) is 13.2 Å². The number of nitrogens with zero attached hydrogens (tertiary/aromatic N) is 4. The van der Waals surface area contributed by atoms with Crippen molar-refractivity contribution in [2.45, 2.75) is 18.6 Å². The monoisotopic (exact) mass is 492 g/mol. The van der Waals surface area contributed by atoms with E-state index in [1.807, 2.05) is 65.5 Å². The fourth-order valence-electron chi connectivity index (χ4n) is 3.78. The number of thiophene rings is 1. The lowest BCUT2D eigenvalue weighted by Gasteiger charge is -2.25. The van der Waals surface area contributed by atoms with Crippen LogP contribution in [-0.2, 0) is 18.4 Å². The zero-order valence-electron chi connectivity index (χ0n) is 18.9. The zero-order valence-corrected chi connectivity index (χ0v) is 20.6. The molecule has 0 N–H and O–H groups in total. The quantitative estimate of drug-likeness (QED) is 0.340. The molecule has 4 aromatic rings. The molecule has 7 nitrogen and oxygen atoms in total. The number of carbonyl (C=O) groups is 1. The van der Waals surface area contributed by atoms with E-state index in [-0.39, 0.29) is 11.7 Å². The Hall–Kier alpha value is -3.30. The number of amides is 1. The van der Waals surface area contributed by atoms with Crippen LogP contribution in [0.4, 0.5) is 5.69 Å². The third kappa shape index (κ3) is 4.67. The van der Waals surface area contributed by atoms with Gasteiger partial charge >= 0.3 is 0 Å². The van der Waals surface area contributed by atoms with Crippen LogP contribution in [0.1, 0.15) is 10.4 Å². The third-order valence-electron chi connectivity index (χ3n) is 5.58. The topological polar surface area (TPSA) is 69.5 Å². The van der Waals surface area contributed by atoms with E-state index in [1.165, 1.54) is 11.8 Å². The summed E-state index contributed by atoms with van der Waals surface area (Å²) in [6.45, 7) is 3.57. The van der Waals surface area contributed by atoms with Crippen molar-refractivity contribution in [1.82, 2.24) is 14.8 Å². The first-order valence-electron chi connectivity index (χ1n) is 10.9. The van der Waals surface area contributed by atoms with Crippen molar-refractivity contribution < 1.29 is 14.3 Å². The number of hydrogen-bond acceptors (Lipinski definition) is 7. The van der Waals surface area contributed by atoms with Crippen molar-refractivity contribution in [2.24, 2.45) is 7.05 Å². The van der Waals surface area contributed by atoms with E-state index in [2.05, 4.69) is 23.2 Å². The number of thioether (sulfide) groups is 1. The lowest BCUT2D eigenvalue weighted by molar-refractivity contribution is -0.116. The van der Waals surface area contributed by atoms with Crippen LogP contribution < -0.4 is 14.4 Å². The Morgan fingerprint density at radius 1 is 1.09 bits per heavy atom. The second-order valence-electron chi connectivity index (χ2n) is 7.86. The maximum absolute atomic E-state index is 13.4. The van der Waals surface area contributed by atoms with Gasteiger partial charge in [-0.1, -0.05) is 42.1 Å². The van der Waals surface area contributed by atoms with Gasteiger partial charge in [-0.15, -0.1) is 21.5 Å². The number of carbonyl (C=O) groups excluding carboxylic acids is 1. The SMILES string of the molecule is Cc1ccccc1-c1nnc(SCC(=O)N(Cc2cccs2)c2ccc3c(c2)OCCO3)n1C. The summed E-state index contributed by atoms with van der Waals surface area (Å²) in [4.78, 5) is 16.3. The van der Waals surface area contributed by atoms with E-state index in [9.17, 15) is 4.79 Å². The molecule has 0 bridgehead atoms. The molecule has 3 heterocycles. The average Bonchev–Trinajstić information content (AvgIpc) is 3.51. The Morgan fingerprint density at radius 2 is 1.91 bits per heavy atom. The van der Waals surface area contributed by atoms with Crippen LogP contribution in [0.5, 0.6) is 11.5 Å². The molecule has 0 fully saturated rings. The molecular formula is C25H24N4O3S2. The summed E-state index contributed by atoms with van der Waals surface area (Å²) in [5.41, 5.74) is 2.94. The molecule has 2 aromatic carbocycles. The smallest absolute Gasteiger partial charge is 0.237 e. The molecule has 0 radical (unpaired) electrons. The Labute approximate surface area is 206 Å². The zero-order chi connectivity index (χ0) is 23.5. The van der Waals surface area contributed by atoms with Crippen molar-refractivity contribution in [3.8, 4) is 22.9 Å². The second-order valence-corrected chi connectivity index (χ2v) is 9.83. The summed E-state index contributed by atoms with van der Waals surface area (Å²) in [6, 6.07) is 17.8. The molecule has 0 spiro atoms. The predicted molar refractivity (Wildman–Crippen MR) is 135 cm³/mol. The minimum absolute atomic E-state index is 0.0180. The maximum Gasteiger partial charge on any atom is 0.237 e. The fourth-order valence-corrected chi connectivity index (χ4v) is 5.26. The summed E-state index contributed by atoms with van der Waals surface area (Å²) in [7, 11) is 1.93. The number of fused-ring (bicyclic) bond motifs is 1. The molecule has 1 aliphatic rings. The van der Waals surface area contributed by atoms with Crippen LogP contribution in [0, 0.1) is 6.92 Å². The van der Waals surface area contributed by atoms with Gasteiger partial charge in [-0.05, 0) is 36.1 Å². The molecule has 0 saturated heterocycles. The Morgan fingerprint density at radius 3 is 2.71 bits per heavy atom. The van der Waals surface area contributed by atoms with Crippen molar-refractivity contribution in [3.63, 3.8) is 0 Å². The van der Waals surface area contributed by atoms with Crippen LogP contribution in [0.3, 0.4) is 0 Å². The first-order chi connectivity index (χ1) is 16.6. The molecule has 34 heavy (non-hydrogen) atoms. The largest absolute Gasteiger partial charge is 0.486 e. The molecule has 5 rings (SSSR count). The van der Waals surface area contributed by atoms with Crippen molar-refractivity contribution >= 4 is 34.7 Å². The third-order valence-corrected chi connectivity index (χ3v) is 7.44. The van der Waals surface area contributed by atoms with Crippen LogP contribution >= 0.6 is 23.1 Å². The first-order valence-corrected chi connectivity index (χ1v) is 12.8. The number of rotatable bonds is 7. The van der Waals surface area contributed by atoms with E-state index in [1.54, 1.807) is 16.2 Å². The number of aromatic nitrogens is 3. The van der Waals surface area contributed by atoms with E-state index in [4.69, 9.17) is 9.47 Å². The number of hydrogen-bond donors (Lipinski definition) is 0. The summed E-state index contributed by atoms with van der Waals surface area (Å²) in [6.07, 6.45) is 0. The van der Waals surface area contributed by atoms with Gasteiger partial charge in [0.25, 0.3) is 0 Å². The van der Waals surface area contributed by atoms with Crippen LogP contribution in [0.25, 0.3) is 11.4 Å². The molecule has 9 heteroatoms. The van der Waals surface area contributed by atoms with Gasteiger partial charge in [-0.2, -0.15) is 0 Å². The van der Waals surface area contributed by atoms with E-state index in [0.717, 1.165) is 27.5 Å². The van der Waals surface area contributed by atoms with Crippen molar-refractivity contribution in [3.05, 3.63) is 70.4 Å². The summed E-state index contributed by atoms with van der Waals surface area (Å²) in [5, 5.41) is 11.4. The van der Waals surface area contributed by atoms with Gasteiger partial charge in [0.2, 0.25) is 5.91 Å². The van der Waals surface area contributed by atoms with Gasteiger partial charge < -0.3 is 18.9 Å². The number of benzene rings is 2. The maximum atomic E-state index is 13.4. The Kier molecular flexibility index (Phi) is 6.55. The predicted octanol–water partition coefficient (Wildman–Crippen LogP) is 4.95. The highest BCUT2D eigenvalue weighted by Gasteiger charge is 2.22. The highest BCUT2D eigenvalue weighted by Crippen LogP contribution is 2.35. The first kappa shape index (κ1) is 22.5. The van der Waals surface area contributed by atoms with Crippen molar-refractivity contribution in [1.29, 1.82) is 0 Å². The highest BCUT2D eigenvalue weighted by molar-refractivity contribution is 7.99. The average molecular weight is 493 g/mol. The standard InChI is InChI=1S/C25H24N4O3S2/c1-17-6-3-4-8-20(17)24-26-27-25(28(24)2)34-16-23(30)29(15-19-7-5-13-33-19)18-9-10-21-22(14-18)32-12-11-31-21/h3-10,13-14H,11-12,15-16H2,1-2H3. The molecule has 1 aliphatic heterocycles. The van der Waals surface area contributed by atoms with Gasteiger partial charge in [-0.3, -0.25) is 4.79 Å². The van der Waals surface area contributed by atoms with Crippen LogP contribution in [0.15, 0.2) is 65.1 Å². The molecule has 0 saturated carbocycles. The number of ether oxygens (including phenoxy) is 2. The van der Waals surface area contributed by atoms with E-state index < -0.39 is 0 Å². The molecular weight excluding hydrogens is 468 g/mol. The number of aryl methyl sites for hydroxylation is 1. The molecule has 0 unspecified atom stereocenters. The second kappa shape index (κ2) is 9.90. The number of anilines is 1. The summed E-state index contributed by atoms with van der Waals surface area (Å²) >= 11 is 3.01. The molecule has 2 aromatic heterocycles. The minimum atomic E-state index is -0.0180. The molecule has 0 atom stereocenters. The summed E-state index contributed by atoms with van der Waals surface area (Å²) in [5.74, 6) is 2.37. The lowest BCUT2D eigenvalue weighted by Crippen LogP contribution is -2.32. The van der Waals surface area contributed by atoms with Crippen molar-refractivity contribution in [2.75, 3.05) is 23.9 Å². The molecule has 174 valence electrons. The fraction of sp³-hybridized carbons (Fsp3) is 0.240. The minimum Gasteiger partial charge on any atom is -0.486 e. The molecule has 1 amide bonds. The van der Waals surface area contributed by atoms with E-state index >= 15 is 0 Å². The Balaban J connectivity index is 1.36. The highest BCUT2D eigenvalue weighted by atomic mass is 32.2. The van der Waals surface area contributed by atoms with Gasteiger partial charge in [0, 0.05) is 29.2 Å². The van der Waals surface area contributed by atoms with Crippen LogP contribution in [0.2, 0.25) is 0 Å². The lowest BCUT2D eigenvalue weighted by atomic mass is 10.1. The van der Waals surface area contributed by atoms with Gasteiger partial charge in [0.15, 0.2) is 22.5 Å². The Bertz CT molecular complexity index is 1300. The molecule has 0 aliphatic carbocycles. The van der Waals surface area contributed by atoms with Crippen LogP contribution in [-0.4, -0.2) is 39.6 Å². The summed E-state index contributed by atoms with van der Waals surface area (Å²) < 4.78 is 13.3.